The minimum Gasteiger partial charge on any atom is -0.391 e. The number of hydrogen-bond acceptors (Lipinski definition) is 4. The molecule has 18 heavy (non-hydrogen) atoms. The van der Waals surface area contributed by atoms with Gasteiger partial charge in [-0.05, 0) is 18.6 Å². The molecular weight excluding hydrogens is 260 g/mol. The van der Waals surface area contributed by atoms with E-state index in [4.69, 9.17) is 11.6 Å². The second kappa shape index (κ2) is 6.32. The van der Waals surface area contributed by atoms with Crippen LogP contribution in [-0.2, 0) is 0 Å². The van der Waals surface area contributed by atoms with Gasteiger partial charge in [0.2, 0.25) is 0 Å². The van der Waals surface area contributed by atoms with Gasteiger partial charge in [0.15, 0.2) is 0 Å². The first-order chi connectivity index (χ1) is 8.45. The Bertz CT molecular complexity index is 464. The SMILES string of the molecule is CCC(O)CNC(=O)c1ccc([N+](=O)[O-])c(Cl)c1. The number of hydrogen-bond donors (Lipinski definition) is 2. The smallest absolute Gasteiger partial charge is 0.287 e. The van der Waals surface area contributed by atoms with Crippen LogP contribution in [0.5, 0.6) is 0 Å². The summed E-state index contributed by atoms with van der Waals surface area (Å²) in [6, 6.07) is 3.72. The lowest BCUT2D eigenvalue weighted by Crippen LogP contribution is -2.31. The highest BCUT2D eigenvalue weighted by atomic mass is 35.5. The van der Waals surface area contributed by atoms with Crippen LogP contribution in [0.4, 0.5) is 5.69 Å². The first-order valence-corrected chi connectivity index (χ1v) is 5.73. The highest BCUT2D eigenvalue weighted by Crippen LogP contribution is 2.24. The number of aliphatic hydroxyl groups is 1. The number of nitro benzene ring substituents is 1. The van der Waals surface area contributed by atoms with Gasteiger partial charge in [0.05, 0.1) is 11.0 Å². The van der Waals surface area contributed by atoms with Gasteiger partial charge >= 0.3 is 0 Å². The summed E-state index contributed by atoms with van der Waals surface area (Å²) in [5.74, 6) is -0.431. The normalized spacial score (nSPS) is 11.9. The molecule has 0 saturated carbocycles. The largest absolute Gasteiger partial charge is 0.391 e. The number of rotatable bonds is 5. The molecule has 0 aliphatic rings. The van der Waals surface area contributed by atoms with E-state index in [0.717, 1.165) is 0 Å². The highest BCUT2D eigenvalue weighted by molar-refractivity contribution is 6.33. The highest BCUT2D eigenvalue weighted by Gasteiger charge is 2.15. The van der Waals surface area contributed by atoms with Gasteiger partial charge in [0, 0.05) is 18.2 Å². The van der Waals surface area contributed by atoms with Crippen molar-refractivity contribution < 1.29 is 14.8 Å². The summed E-state index contributed by atoms with van der Waals surface area (Å²) < 4.78 is 0. The minimum absolute atomic E-state index is 0.0938. The van der Waals surface area contributed by atoms with Gasteiger partial charge in [0.25, 0.3) is 11.6 Å². The zero-order valence-corrected chi connectivity index (χ0v) is 10.5. The number of nitrogens with zero attached hydrogens (tertiary/aromatic N) is 1. The molecule has 0 aliphatic carbocycles. The van der Waals surface area contributed by atoms with Gasteiger partial charge in [-0.3, -0.25) is 14.9 Å². The molecular formula is C11H13ClN2O4. The number of nitro groups is 1. The Morgan fingerprint density at radius 2 is 2.28 bits per heavy atom. The lowest BCUT2D eigenvalue weighted by atomic mass is 10.2. The Kier molecular flexibility index (Phi) is 5.06. The number of carbonyl (C=O) groups is 1. The maximum absolute atomic E-state index is 11.6. The molecule has 6 nitrogen and oxygen atoms in total. The molecule has 2 N–H and O–H groups in total. The molecule has 0 fully saturated rings. The molecule has 0 radical (unpaired) electrons. The monoisotopic (exact) mass is 272 g/mol. The second-order valence-electron chi connectivity index (χ2n) is 3.70. The van der Waals surface area contributed by atoms with E-state index < -0.39 is 16.9 Å². The molecule has 1 atom stereocenters. The summed E-state index contributed by atoms with van der Waals surface area (Å²) in [7, 11) is 0. The average Bonchev–Trinajstić information content (AvgIpc) is 2.34. The third kappa shape index (κ3) is 3.68. The zero-order valence-electron chi connectivity index (χ0n) is 9.72. The molecule has 7 heteroatoms. The summed E-state index contributed by atoms with van der Waals surface area (Å²) in [5.41, 5.74) is -0.0317. The summed E-state index contributed by atoms with van der Waals surface area (Å²) in [6.07, 6.45) is -0.0798. The average molecular weight is 273 g/mol. The van der Waals surface area contributed by atoms with Gasteiger partial charge in [-0.25, -0.2) is 0 Å². The molecule has 0 aliphatic heterocycles. The van der Waals surface area contributed by atoms with E-state index in [2.05, 4.69) is 5.32 Å². The molecule has 0 saturated heterocycles. The quantitative estimate of drug-likeness (QED) is 0.631. The van der Waals surface area contributed by atoms with Gasteiger partial charge in [0.1, 0.15) is 5.02 Å². The number of carbonyl (C=O) groups excluding carboxylic acids is 1. The van der Waals surface area contributed by atoms with Crippen molar-refractivity contribution in [2.45, 2.75) is 19.4 Å². The maximum Gasteiger partial charge on any atom is 0.287 e. The number of benzene rings is 1. The number of nitrogens with one attached hydrogen (secondary N) is 1. The van der Waals surface area contributed by atoms with Gasteiger partial charge in [-0.1, -0.05) is 18.5 Å². The Morgan fingerprint density at radius 3 is 2.78 bits per heavy atom. The minimum atomic E-state index is -0.620. The molecule has 0 spiro atoms. The van der Waals surface area contributed by atoms with Crippen LogP contribution >= 0.6 is 11.6 Å². The molecule has 0 bridgehead atoms. The van der Waals surface area contributed by atoms with Crippen LogP contribution in [0.2, 0.25) is 5.02 Å². The molecule has 0 aromatic heterocycles. The van der Waals surface area contributed by atoms with Crippen molar-refractivity contribution in [2.24, 2.45) is 0 Å². The zero-order chi connectivity index (χ0) is 13.7. The fourth-order valence-corrected chi connectivity index (χ4v) is 1.50. The fraction of sp³-hybridized carbons (Fsp3) is 0.364. The predicted octanol–water partition coefficient (Wildman–Crippen LogP) is 1.75. The molecule has 98 valence electrons. The fourth-order valence-electron chi connectivity index (χ4n) is 1.25. The first kappa shape index (κ1) is 14.4. The third-order valence-corrected chi connectivity index (χ3v) is 2.68. The van der Waals surface area contributed by atoms with Crippen molar-refractivity contribution in [1.82, 2.24) is 5.32 Å². The second-order valence-corrected chi connectivity index (χ2v) is 4.10. The van der Waals surface area contributed by atoms with E-state index in [9.17, 15) is 20.0 Å². The molecule has 1 aromatic rings. The van der Waals surface area contributed by atoms with E-state index in [1.165, 1.54) is 18.2 Å². The molecule has 1 aromatic carbocycles. The van der Waals surface area contributed by atoms with E-state index in [1.807, 2.05) is 0 Å². The number of aliphatic hydroxyl groups excluding tert-OH is 1. The van der Waals surface area contributed by atoms with Crippen molar-refractivity contribution in [1.29, 1.82) is 0 Å². The maximum atomic E-state index is 11.6. The molecule has 0 heterocycles. The molecule has 1 amide bonds. The van der Waals surface area contributed by atoms with Crippen LogP contribution in [0.3, 0.4) is 0 Å². The van der Waals surface area contributed by atoms with Crippen LogP contribution in [0.25, 0.3) is 0 Å². The third-order valence-electron chi connectivity index (χ3n) is 2.38. The van der Waals surface area contributed by atoms with E-state index >= 15 is 0 Å². The van der Waals surface area contributed by atoms with Gasteiger partial charge < -0.3 is 10.4 Å². The van der Waals surface area contributed by atoms with Crippen LogP contribution in [-0.4, -0.2) is 28.6 Å². The van der Waals surface area contributed by atoms with Crippen molar-refractivity contribution in [3.63, 3.8) is 0 Å². The standard InChI is InChI=1S/C11H13ClN2O4/c1-2-8(15)6-13-11(16)7-3-4-10(14(17)18)9(12)5-7/h3-5,8,15H,2,6H2,1H3,(H,13,16). The van der Waals surface area contributed by atoms with Gasteiger partial charge in [-0.15, -0.1) is 0 Å². The van der Waals surface area contributed by atoms with Crippen molar-refractivity contribution in [2.75, 3.05) is 6.54 Å². The predicted molar refractivity (Wildman–Crippen MR) is 66.7 cm³/mol. The van der Waals surface area contributed by atoms with Crippen LogP contribution in [0.15, 0.2) is 18.2 Å². The number of halogens is 1. The summed E-state index contributed by atoms with van der Waals surface area (Å²) in [4.78, 5) is 21.6. The lowest BCUT2D eigenvalue weighted by molar-refractivity contribution is -0.384. The summed E-state index contributed by atoms with van der Waals surface area (Å²) >= 11 is 5.69. The van der Waals surface area contributed by atoms with E-state index in [0.29, 0.717) is 6.42 Å². The van der Waals surface area contributed by atoms with Crippen LogP contribution in [0.1, 0.15) is 23.7 Å². The van der Waals surface area contributed by atoms with Crippen molar-refractivity contribution in [3.05, 3.63) is 38.9 Å². The van der Waals surface area contributed by atoms with Crippen molar-refractivity contribution in [3.8, 4) is 0 Å². The first-order valence-electron chi connectivity index (χ1n) is 5.36. The Hall–Kier alpha value is -1.66. The number of amides is 1. The Morgan fingerprint density at radius 1 is 1.61 bits per heavy atom. The summed E-state index contributed by atoms with van der Waals surface area (Å²) in [6.45, 7) is 1.92. The van der Waals surface area contributed by atoms with E-state index in [-0.39, 0.29) is 22.8 Å². The van der Waals surface area contributed by atoms with Gasteiger partial charge in [-0.2, -0.15) is 0 Å². The molecule has 1 unspecified atom stereocenters. The van der Waals surface area contributed by atoms with Crippen LogP contribution < -0.4 is 5.32 Å². The van der Waals surface area contributed by atoms with Crippen molar-refractivity contribution >= 4 is 23.2 Å². The van der Waals surface area contributed by atoms with E-state index in [1.54, 1.807) is 6.92 Å². The Balaban J connectivity index is 2.76. The van der Waals surface area contributed by atoms with Crippen LogP contribution in [0, 0.1) is 10.1 Å². The Labute approximate surface area is 109 Å². The summed E-state index contributed by atoms with van der Waals surface area (Å²) in [5, 5.41) is 22.3. The topological polar surface area (TPSA) is 92.5 Å². The lowest BCUT2D eigenvalue weighted by Gasteiger charge is -2.09. The molecule has 1 rings (SSSR count).